The summed E-state index contributed by atoms with van der Waals surface area (Å²) < 4.78 is 2.08. The highest BCUT2D eigenvalue weighted by Crippen LogP contribution is 2.21. The van der Waals surface area contributed by atoms with Gasteiger partial charge in [0.1, 0.15) is 11.1 Å². The largest absolute Gasteiger partial charge is 1.00 e. The van der Waals surface area contributed by atoms with Gasteiger partial charge in [0, 0.05) is 0 Å². The maximum absolute atomic E-state index is 9.24. The predicted octanol–water partition coefficient (Wildman–Crippen LogP) is -1.45. The van der Waals surface area contributed by atoms with Crippen molar-refractivity contribution in [2.45, 2.75) is 0 Å². The number of rotatable bonds is 1. The number of aromatic nitrogens is 4. The summed E-state index contributed by atoms with van der Waals surface area (Å²) in [6, 6.07) is 7.57. The van der Waals surface area contributed by atoms with E-state index < -0.39 is 0 Å². The van der Waals surface area contributed by atoms with Gasteiger partial charge in [0.2, 0.25) is 5.69 Å². The number of nitrogens with zero attached hydrogens (tertiary/aromatic N) is 5. The Labute approximate surface area is 135 Å². The van der Waals surface area contributed by atoms with Crippen molar-refractivity contribution in [3.63, 3.8) is 0 Å². The fraction of sp³-hybridized carbons (Fsp3) is 0. The molecule has 6 nitrogen and oxygen atoms in total. The topological polar surface area (TPSA) is 92.4 Å². The van der Waals surface area contributed by atoms with Crippen LogP contribution in [0, 0.1) is 15.3 Å². The number of hydrogen-bond acceptors (Lipinski definition) is 7. The van der Waals surface area contributed by atoms with Crippen LogP contribution in [0.1, 0.15) is 5.69 Å². The van der Waals surface area contributed by atoms with Gasteiger partial charge in [-0.2, -0.15) is 10.2 Å². The molecule has 3 aromatic rings. The lowest BCUT2D eigenvalue weighted by Crippen LogP contribution is -3.00. The molecule has 0 bridgehead atoms. The SMILES string of the molecule is N#Cc1nc2c(N)sc(=S)nc2nc1-[n+]1ccccc1.[Cl-]. The molecule has 0 atom stereocenters. The van der Waals surface area contributed by atoms with Crippen LogP contribution < -0.4 is 22.7 Å². The molecule has 0 aromatic carbocycles. The fourth-order valence-electron chi connectivity index (χ4n) is 1.71. The molecule has 3 aromatic heterocycles. The molecule has 104 valence electrons. The first-order chi connectivity index (χ1) is 9.69. The molecular formula is C12H7ClN6S2. The molecule has 0 amide bonds. The van der Waals surface area contributed by atoms with Crippen LogP contribution in [0.5, 0.6) is 0 Å². The Bertz CT molecular complexity index is 903. The molecule has 0 saturated heterocycles. The van der Waals surface area contributed by atoms with Gasteiger partial charge in [0.05, 0.1) is 12.4 Å². The van der Waals surface area contributed by atoms with E-state index in [-0.39, 0.29) is 18.1 Å². The van der Waals surface area contributed by atoms with Crippen LogP contribution >= 0.6 is 23.6 Å². The zero-order valence-electron chi connectivity index (χ0n) is 10.4. The summed E-state index contributed by atoms with van der Waals surface area (Å²) in [5.74, 6) is 0.401. The highest BCUT2D eigenvalue weighted by molar-refractivity contribution is 7.73. The summed E-state index contributed by atoms with van der Waals surface area (Å²) in [6.07, 6.45) is 3.56. The molecule has 0 aliphatic carbocycles. The summed E-state index contributed by atoms with van der Waals surface area (Å²) in [5, 5.41) is 9.65. The minimum atomic E-state index is 0. The van der Waals surface area contributed by atoms with Crippen molar-refractivity contribution in [2.24, 2.45) is 0 Å². The lowest BCUT2D eigenvalue weighted by atomic mass is 10.3. The molecule has 21 heavy (non-hydrogen) atoms. The zero-order valence-corrected chi connectivity index (χ0v) is 12.8. The van der Waals surface area contributed by atoms with Gasteiger partial charge in [0.15, 0.2) is 9.47 Å². The maximum atomic E-state index is 9.24. The number of halogens is 1. The minimum absolute atomic E-state index is 0. The highest BCUT2D eigenvalue weighted by atomic mass is 35.5. The van der Waals surface area contributed by atoms with Crippen LogP contribution in [0.3, 0.4) is 0 Å². The number of hydrogen-bond donors (Lipinski definition) is 1. The van der Waals surface area contributed by atoms with E-state index in [1.807, 2.05) is 24.3 Å². The molecule has 0 fully saturated rings. The van der Waals surface area contributed by atoms with E-state index in [0.29, 0.717) is 25.9 Å². The Morgan fingerprint density at radius 3 is 2.57 bits per heavy atom. The van der Waals surface area contributed by atoms with Gasteiger partial charge >= 0.3 is 5.82 Å². The standard InChI is InChI=1S/C12H6N6S2.ClH/c13-6-7-11(18-4-2-1-3-5-18)16-10-8(15-7)9(14)20-12(19)17-10;/h1-5H,(H-,14,16,17,19);1H. The third-order valence-electron chi connectivity index (χ3n) is 2.55. The molecular weight excluding hydrogens is 328 g/mol. The predicted molar refractivity (Wildman–Crippen MR) is 76.7 cm³/mol. The number of nitrogens with two attached hydrogens (primary N) is 1. The lowest BCUT2D eigenvalue weighted by molar-refractivity contribution is -0.599. The number of nitrogen functional groups attached to an aromatic ring is 1. The van der Waals surface area contributed by atoms with Gasteiger partial charge in [-0.1, -0.05) is 17.4 Å². The molecule has 0 unspecified atom stereocenters. The first kappa shape index (κ1) is 15.2. The van der Waals surface area contributed by atoms with Gasteiger partial charge < -0.3 is 18.1 Å². The van der Waals surface area contributed by atoms with Crippen LogP contribution in [0.4, 0.5) is 5.00 Å². The van der Waals surface area contributed by atoms with Crippen molar-refractivity contribution < 1.29 is 17.0 Å². The van der Waals surface area contributed by atoms with E-state index in [1.54, 1.807) is 17.0 Å². The van der Waals surface area contributed by atoms with Crippen LogP contribution in [-0.4, -0.2) is 15.0 Å². The monoisotopic (exact) mass is 334 g/mol. The Hall–Kier alpha value is -2.21. The molecule has 0 saturated carbocycles. The van der Waals surface area contributed by atoms with Crippen molar-refractivity contribution >= 4 is 39.7 Å². The van der Waals surface area contributed by atoms with E-state index >= 15 is 0 Å². The van der Waals surface area contributed by atoms with Crippen molar-refractivity contribution in [2.75, 3.05) is 5.73 Å². The van der Waals surface area contributed by atoms with E-state index in [1.165, 1.54) is 0 Å². The third kappa shape index (κ3) is 2.80. The fourth-order valence-corrected chi connectivity index (χ4v) is 2.62. The van der Waals surface area contributed by atoms with Crippen molar-refractivity contribution in [1.82, 2.24) is 15.0 Å². The van der Waals surface area contributed by atoms with Gasteiger partial charge in [0.25, 0.3) is 5.65 Å². The van der Waals surface area contributed by atoms with Crippen LogP contribution in [0.25, 0.3) is 17.0 Å². The summed E-state index contributed by atoms with van der Waals surface area (Å²) >= 11 is 6.18. The van der Waals surface area contributed by atoms with Crippen LogP contribution in [0.2, 0.25) is 0 Å². The molecule has 0 radical (unpaired) electrons. The first-order valence-corrected chi connectivity index (χ1v) is 6.76. The quantitative estimate of drug-likeness (QED) is 0.432. The van der Waals surface area contributed by atoms with Crippen LogP contribution in [0.15, 0.2) is 30.6 Å². The Kier molecular flexibility index (Phi) is 4.37. The molecule has 3 heterocycles. The minimum Gasteiger partial charge on any atom is -1.00 e. The smallest absolute Gasteiger partial charge is 0.367 e. The first-order valence-electron chi connectivity index (χ1n) is 5.54. The van der Waals surface area contributed by atoms with Crippen molar-refractivity contribution in [1.29, 1.82) is 5.26 Å². The summed E-state index contributed by atoms with van der Waals surface area (Å²) in [7, 11) is 0. The molecule has 0 aliphatic heterocycles. The Morgan fingerprint density at radius 1 is 1.19 bits per heavy atom. The number of pyridine rings is 1. The second-order valence-electron chi connectivity index (χ2n) is 3.81. The molecule has 0 spiro atoms. The van der Waals surface area contributed by atoms with E-state index in [4.69, 9.17) is 18.0 Å². The summed E-state index contributed by atoms with van der Waals surface area (Å²) in [6.45, 7) is 0. The summed E-state index contributed by atoms with van der Waals surface area (Å²) in [5.41, 5.74) is 6.80. The van der Waals surface area contributed by atoms with Gasteiger partial charge in [-0.3, -0.25) is 0 Å². The normalized spacial score (nSPS) is 9.86. The number of fused-ring (bicyclic) bond motifs is 1. The van der Waals surface area contributed by atoms with Crippen molar-refractivity contribution in [3.05, 3.63) is 40.2 Å². The van der Waals surface area contributed by atoms with Crippen molar-refractivity contribution in [3.8, 4) is 11.9 Å². The van der Waals surface area contributed by atoms with Crippen LogP contribution in [-0.2, 0) is 0 Å². The second-order valence-corrected chi connectivity index (χ2v) is 5.48. The average molecular weight is 335 g/mol. The average Bonchev–Trinajstić information content (AvgIpc) is 2.47. The third-order valence-corrected chi connectivity index (χ3v) is 3.57. The number of anilines is 1. The Balaban J connectivity index is 0.00000161. The van der Waals surface area contributed by atoms with Gasteiger partial charge in [-0.05, 0) is 29.3 Å². The van der Waals surface area contributed by atoms with E-state index in [0.717, 1.165) is 11.3 Å². The maximum Gasteiger partial charge on any atom is 0.367 e. The highest BCUT2D eigenvalue weighted by Gasteiger charge is 2.21. The molecule has 0 aliphatic rings. The zero-order chi connectivity index (χ0) is 14.1. The van der Waals surface area contributed by atoms with Gasteiger partial charge in [-0.25, -0.2) is 9.55 Å². The summed E-state index contributed by atoms with van der Waals surface area (Å²) in [4.78, 5) is 12.8. The molecule has 9 heteroatoms. The Morgan fingerprint density at radius 2 is 1.90 bits per heavy atom. The van der Waals surface area contributed by atoms with E-state index in [2.05, 4.69) is 15.0 Å². The van der Waals surface area contributed by atoms with Gasteiger partial charge in [-0.15, -0.1) is 0 Å². The van der Waals surface area contributed by atoms with E-state index in [9.17, 15) is 5.26 Å². The number of nitriles is 1. The lowest BCUT2D eigenvalue weighted by Gasteiger charge is -1.99. The molecule has 3 rings (SSSR count). The molecule has 2 N–H and O–H groups in total. The second kappa shape index (κ2) is 6.05.